The number of aliphatic hydroxyl groups excluding tert-OH is 2. The second-order valence-electron chi connectivity index (χ2n) is 11.5. The molecule has 0 radical (unpaired) electrons. The van der Waals surface area contributed by atoms with Crippen molar-refractivity contribution in [3.8, 4) is 0 Å². The summed E-state index contributed by atoms with van der Waals surface area (Å²) in [5.74, 6) is -8.87. The van der Waals surface area contributed by atoms with Gasteiger partial charge in [-0.15, -0.1) is 0 Å². The van der Waals surface area contributed by atoms with E-state index in [0.29, 0.717) is 13.8 Å². The van der Waals surface area contributed by atoms with Crippen LogP contribution < -0.4 is 0 Å². The molecule has 0 aromatic carbocycles. The van der Waals surface area contributed by atoms with E-state index in [4.69, 9.17) is 19.7 Å². The van der Waals surface area contributed by atoms with Crippen molar-refractivity contribution in [3.05, 3.63) is 0 Å². The summed E-state index contributed by atoms with van der Waals surface area (Å²) in [4.78, 5) is 12.7. The Kier molecular flexibility index (Phi) is 12.0. The summed E-state index contributed by atoms with van der Waals surface area (Å²) >= 11 is 0. The molecule has 5 unspecified atom stereocenters. The average molecular weight is 661 g/mol. The number of ether oxygens (including phenoxy) is 3. The molecule has 256 valence electrons. The lowest BCUT2D eigenvalue weighted by Crippen LogP contribution is -2.66. The zero-order chi connectivity index (χ0) is 34.1. The predicted molar refractivity (Wildman–Crippen MR) is 124 cm³/mol. The van der Waals surface area contributed by atoms with Crippen LogP contribution in [-0.2, 0) is 19.0 Å². The van der Waals surface area contributed by atoms with Gasteiger partial charge in [-0.05, 0) is 65.2 Å². The van der Waals surface area contributed by atoms with Crippen molar-refractivity contribution >= 4 is 5.97 Å². The maximum absolute atomic E-state index is 14.4. The van der Waals surface area contributed by atoms with Gasteiger partial charge < -0.3 is 24.4 Å². The molecule has 6 nitrogen and oxygen atoms in total. The first-order valence-electron chi connectivity index (χ1n) is 13.1. The van der Waals surface area contributed by atoms with Crippen LogP contribution >= 0.6 is 0 Å². The van der Waals surface area contributed by atoms with Crippen molar-refractivity contribution in [3.63, 3.8) is 0 Å². The maximum Gasteiger partial charge on any atom is 0.426 e. The number of alkyl halides is 12. The Morgan fingerprint density at radius 2 is 1.07 bits per heavy atom. The highest BCUT2D eigenvalue weighted by atomic mass is 19.4. The highest BCUT2D eigenvalue weighted by Crippen LogP contribution is 2.59. The van der Waals surface area contributed by atoms with Crippen LogP contribution in [0.5, 0.6) is 0 Å². The number of carbonyl (C=O) groups is 1. The summed E-state index contributed by atoms with van der Waals surface area (Å²) in [6.07, 6.45) is -27.7. The fourth-order valence-corrected chi connectivity index (χ4v) is 5.36. The third kappa shape index (κ3) is 7.65. The molecule has 0 heterocycles. The molecule has 1 aliphatic rings. The number of esters is 1. The van der Waals surface area contributed by atoms with Crippen LogP contribution in [-0.4, -0.2) is 84.1 Å². The first kappa shape index (κ1) is 39.5. The molecule has 0 aromatic rings. The van der Waals surface area contributed by atoms with Crippen molar-refractivity contribution in [2.45, 2.75) is 102 Å². The van der Waals surface area contributed by atoms with Gasteiger partial charge in [0.05, 0.1) is 26.4 Å². The normalized spacial score (nSPS) is 24.3. The zero-order valence-electron chi connectivity index (χ0n) is 24.0. The lowest BCUT2D eigenvalue weighted by atomic mass is 9.60. The van der Waals surface area contributed by atoms with Gasteiger partial charge in [-0.2, -0.15) is 52.7 Å². The van der Waals surface area contributed by atoms with Crippen LogP contribution in [0.2, 0.25) is 0 Å². The molecule has 1 rings (SSSR count). The summed E-state index contributed by atoms with van der Waals surface area (Å²) in [6.45, 7) is -1.34. The van der Waals surface area contributed by atoms with Crippen LogP contribution in [0.25, 0.3) is 0 Å². The average Bonchev–Trinajstić information content (AvgIpc) is 2.83. The molecule has 0 saturated heterocycles. The van der Waals surface area contributed by atoms with Crippen LogP contribution in [0.1, 0.15) is 60.3 Å². The van der Waals surface area contributed by atoms with Gasteiger partial charge in [-0.1, -0.05) is 6.92 Å². The van der Waals surface area contributed by atoms with Crippen molar-refractivity contribution in [2.75, 3.05) is 26.4 Å². The van der Waals surface area contributed by atoms with Gasteiger partial charge in [0.1, 0.15) is 5.60 Å². The molecule has 1 saturated carbocycles. The van der Waals surface area contributed by atoms with Crippen molar-refractivity contribution < 1.29 is 81.9 Å². The fraction of sp³-hybridized carbons (Fsp3) is 0.960. The summed E-state index contributed by atoms with van der Waals surface area (Å²) in [5.41, 5.74) is -14.1. The van der Waals surface area contributed by atoms with E-state index in [-0.39, 0.29) is 0 Å². The first-order chi connectivity index (χ1) is 19.1. The SMILES string of the molecule is CCC(C)(C(=O)OC(C)(C)C1CC(C(C)(OCCO)C(F)(F)F)CC(C(OCCO)(C(F)(F)F)C(F)(F)F)C1)C(F)(F)F. The quantitative estimate of drug-likeness (QED) is 0.183. The number of hydrogen-bond donors (Lipinski definition) is 2. The molecule has 0 amide bonds. The van der Waals surface area contributed by atoms with E-state index < -0.39 is 123 Å². The molecule has 0 bridgehead atoms. The lowest BCUT2D eigenvalue weighted by Gasteiger charge is -2.52. The Hall–Kier alpha value is -1.53. The summed E-state index contributed by atoms with van der Waals surface area (Å²) < 4.78 is 184. The van der Waals surface area contributed by atoms with Gasteiger partial charge >= 0.3 is 30.7 Å². The van der Waals surface area contributed by atoms with Crippen LogP contribution in [0.15, 0.2) is 0 Å². The standard InChI is InChI=1S/C25H36F12O6/c1-6-19(4,22(26,27)28)17(40)43-18(2,3)14-11-15(20(5,23(29,30)31)41-9-7-38)13-16(12-14)21(24(32,33)34,25(35,36)37)42-10-8-39/h14-16,38-39H,6-13H2,1-5H3. The number of hydrogen-bond acceptors (Lipinski definition) is 6. The highest BCUT2D eigenvalue weighted by molar-refractivity contribution is 5.77. The minimum Gasteiger partial charge on any atom is -0.459 e. The van der Waals surface area contributed by atoms with Gasteiger partial charge in [-0.25, -0.2) is 0 Å². The van der Waals surface area contributed by atoms with Gasteiger partial charge in [0.2, 0.25) is 0 Å². The van der Waals surface area contributed by atoms with Crippen LogP contribution in [0.4, 0.5) is 52.7 Å². The second-order valence-corrected chi connectivity index (χ2v) is 11.5. The molecular weight excluding hydrogens is 624 g/mol. The second kappa shape index (κ2) is 13.1. The number of rotatable bonds is 12. The molecule has 1 aliphatic carbocycles. The van der Waals surface area contributed by atoms with Crippen molar-refractivity contribution in [2.24, 2.45) is 23.2 Å². The Balaban J connectivity index is 3.91. The number of aliphatic hydroxyl groups is 2. The van der Waals surface area contributed by atoms with Crippen LogP contribution in [0.3, 0.4) is 0 Å². The molecular formula is C25H36F12O6. The monoisotopic (exact) mass is 660 g/mol. The highest BCUT2D eigenvalue weighted by Gasteiger charge is 2.77. The molecule has 43 heavy (non-hydrogen) atoms. The van der Waals surface area contributed by atoms with E-state index >= 15 is 0 Å². The minimum atomic E-state index is -6.31. The summed E-state index contributed by atoms with van der Waals surface area (Å²) in [7, 11) is 0. The predicted octanol–water partition coefficient (Wildman–Crippen LogP) is 6.52. The topological polar surface area (TPSA) is 85.2 Å². The smallest absolute Gasteiger partial charge is 0.426 e. The summed E-state index contributed by atoms with van der Waals surface area (Å²) in [5, 5.41) is 18.0. The number of carbonyl (C=O) groups excluding carboxylic acids is 1. The van der Waals surface area contributed by atoms with Gasteiger partial charge in [0.15, 0.2) is 11.0 Å². The van der Waals surface area contributed by atoms with E-state index in [0.717, 1.165) is 20.8 Å². The Labute approximate surface area is 240 Å². The third-order valence-corrected chi connectivity index (χ3v) is 8.50. The van der Waals surface area contributed by atoms with Gasteiger partial charge in [-0.3, -0.25) is 4.79 Å². The Morgan fingerprint density at radius 1 is 0.651 bits per heavy atom. The Morgan fingerprint density at radius 3 is 1.44 bits per heavy atom. The molecule has 0 aliphatic heterocycles. The lowest BCUT2D eigenvalue weighted by molar-refractivity contribution is -0.405. The largest absolute Gasteiger partial charge is 0.459 e. The minimum absolute atomic E-state index is 0.362. The molecule has 0 aromatic heterocycles. The van der Waals surface area contributed by atoms with E-state index in [2.05, 4.69) is 4.74 Å². The molecule has 1 fully saturated rings. The molecule has 2 N–H and O–H groups in total. The van der Waals surface area contributed by atoms with E-state index in [1.165, 1.54) is 0 Å². The van der Waals surface area contributed by atoms with E-state index in [1.54, 1.807) is 0 Å². The van der Waals surface area contributed by atoms with E-state index in [1.807, 2.05) is 0 Å². The zero-order valence-corrected chi connectivity index (χ0v) is 24.0. The van der Waals surface area contributed by atoms with Crippen molar-refractivity contribution in [1.82, 2.24) is 0 Å². The van der Waals surface area contributed by atoms with Crippen molar-refractivity contribution in [1.29, 1.82) is 0 Å². The summed E-state index contributed by atoms with van der Waals surface area (Å²) in [6, 6.07) is 0. The number of halogens is 12. The molecule has 5 atom stereocenters. The van der Waals surface area contributed by atoms with Crippen LogP contribution in [0, 0.1) is 23.2 Å². The molecule has 0 spiro atoms. The third-order valence-electron chi connectivity index (χ3n) is 8.50. The van der Waals surface area contributed by atoms with Gasteiger partial charge in [0.25, 0.3) is 5.60 Å². The van der Waals surface area contributed by atoms with E-state index in [9.17, 15) is 57.5 Å². The Bertz CT molecular complexity index is 916. The van der Waals surface area contributed by atoms with Gasteiger partial charge in [0, 0.05) is 5.92 Å². The maximum atomic E-state index is 14.4. The molecule has 18 heteroatoms. The fourth-order valence-electron chi connectivity index (χ4n) is 5.36. The first-order valence-corrected chi connectivity index (χ1v) is 13.1.